The molecule has 1 aromatic carbocycles. The number of aliphatic hydroxyl groups excluding tert-OH is 1. The molecule has 1 heterocycles. The van der Waals surface area contributed by atoms with Crippen LogP contribution in [0.25, 0.3) is 0 Å². The summed E-state index contributed by atoms with van der Waals surface area (Å²) in [5.74, 6) is 0.880. The predicted octanol–water partition coefficient (Wildman–Crippen LogP) is 1.33. The molecule has 24 heavy (non-hydrogen) atoms. The van der Waals surface area contributed by atoms with E-state index in [1.807, 2.05) is 30.0 Å². The lowest BCUT2D eigenvalue weighted by Crippen LogP contribution is -2.51. The number of benzene rings is 1. The number of carbonyl (C=O) groups excluding carboxylic acids is 1. The Hall–Kier alpha value is -1.43. The Kier molecular flexibility index (Phi) is 5.87. The van der Waals surface area contributed by atoms with Gasteiger partial charge in [-0.05, 0) is 24.8 Å². The first-order valence-electron chi connectivity index (χ1n) is 9.01. The maximum atomic E-state index is 12.7. The molecule has 2 fully saturated rings. The van der Waals surface area contributed by atoms with Crippen molar-refractivity contribution in [1.82, 2.24) is 9.80 Å². The van der Waals surface area contributed by atoms with Crippen molar-refractivity contribution in [2.24, 2.45) is 5.92 Å². The molecule has 0 bridgehead atoms. The second-order valence-corrected chi connectivity index (χ2v) is 6.80. The van der Waals surface area contributed by atoms with Gasteiger partial charge in [0.15, 0.2) is 0 Å². The molecule has 0 spiro atoms. The van der Waals surface area contributed by atoms with Crippen molar-refractivity contribution >= 4 is 5.91 Å². The number of β-amino-alcohol motifs (C(OH)–C–C–N with tert-alkyl or cyclic N) is 1. The Morgan fingerprint density at radius 3 is 2.62 bits per heavy atom. The smallest absolute Gasteiger partial charge is 0.226 e. The standard InChI is InChI=1S/C19H28N2O3/c1-2-24-14-16(22)13-20-8-10-21(11-9-20)19(23)18-12-17(18)15-6-4-3-5-7-15/h3-7,16-18,22H,2,8-14H2,1H3/t16-,17+,18-/m1/s1. The van der Waals surface area contributed by atoms with Crippen LogP contribution in [-0.4, -0.2) is 72.9 Å². The van der Waals surface area contributed by atoms with E-state index in [1.54, 1.807) is 0 Å². The summed E-state index contributed by atoms with van der Waals surface area (Å²) in [4.78, 5) is 16.9. The van der Waals surface area contributed by atoms with Crippen molar-refractivity contribution in [2.45, 2.75) is 25.4 Å². The molecule has 5 nitrogen and oxygen atoms in total. The molecule has 1 aliphatic carbocycles. The fourth-order valence-electron chi connectivity index (χ4n) is 3.53. The van der Waals surface area contributed by atoms with Crippen LogP contribution >= 0.6 is 0 Å². The molecule has 1 amide bonds. The first kappa shape index (κ1) is 17.4. The van der Waals surface area contributed by atoms with Crippen LogP contribution in [0.15, 0.2) is 30.3 Å². The van der Waals surface area contributed by atoms with Gasteiger partial charge in [-0.3, -0.25) is 9.69 Å². The highest BCUT2D eigenvalue weighted by Gasteiger charge is 2.45. The monoisotopic (exact) mass is 332 g/mol. The first-order valence-corrected chi connectivity index (χ1v) is 9.01. The van der Waals surface area contributed by atoms with E-state index in [9.17, 15) is 9.90 Å². The Balaban J connectivity index is 1.41. The molecule has 0 unspecified atom stereocenters. The Morgan fingerprint density at radius 1 is 1.25 bits per heavy atom. The highest BCUT2D eigenvalue weighted by molar-refractivity contribution is 5.83. The van der Waals surface area contributed by atoms with Gasteiger partial charge in [0.2, 0.25) is 5.91 Å². The summed E-state index contributed by atoms with van der Waals surface area (Å²) < 4.78 is 5.25. The minimum Gasteiger partial charge on any atom is -0.389 e. The third-order valence-electron chi connectivity index (χ3n) is 5.00. The zero-order chi connectivity index (χ0) is 16.9. The second kappa shape index (κ2) is 8.10. The third-order valence-corrected chi connectivity index (χ3v) is 5.00. The van der Waals surface area contributed by atoms with Crippen molar-refractivity contribution in [3.63, 3.8) is 0 Å². The van der Waals surface area contributed by atoms with Gasteiger partial charge in [0, 0.05) is 45.2 Å². The molecule has 5 heteroatoms. The molecule has 1 saturated heterocycles. The molecule has 0 aromatic heterocycles. The van der Waals surface area contributed by atoms with Crippen molar-refractivity contribution in [2.75, 3.05) is 45.9 Å². The summed E-state index contributed by atoms with van der Waals surface area (Å²) in [5, 5.41) is 9.92. The van der Waals surface area contributed by atoms with E-state index in [0.717, 1.165) is 32.6 Å². The van der Waals surface area contributed by atoms with E-state index in [2.05, 4.69) is 17.0 Å². The van der Waals surface area contributed by atoms with Crippen LogP contribution < -0.4 is 0 Å². The topological polar surface area (TPSA) is 53.0 Å². The largest absolute Gasteiger partial charge is 0.389 e. The average Bonchev–Trinajstić information content (AvgIpc) is 3.41. The van der Waals surface area contributed by atoms with Crippen LogP contribution in [0.4, 0.5) is 0 Å². The fraction of sp³-hybridized carbons (Fsp3) is 0.632. The van der Waals surface area contributed by atoms with Gasteiger partial charge in [-0.15, -0.1) is 0 Å². The van der Waals surface area contributed by atoms with Gasteiger partial charge in [0.05, 0.1) is 12.7 Å². The van der Waals surface area contributed by atoms with Gasteiger partial charge in [-0.25, -0.2) is 0 Å². The molecular weight excluding hydrogens is 304 g/mol. The van der Waals surface area contributed by atoms with Gasteiger partial charge in [0.25, 0.3) is 0 Å². The molecule has 3 rings (SSSR count). The Bertz CT molecular complexity index is 529. The maximum Gasteiger partial charge on any atom is 0.226 e. The summed E-state index contributed by atoms with van der Waals surface area (Å²) in [6, 6.07) is 10.3. The fourth-order valence-corrected chi connectivity index (χ4v) is 3.53. The highest BCUT2D eigenvalue weighted by Crippen LogP contribution is 2.48. The summed E-state index contributed by atoms with van der Waals surface area (Å²) in [6.45, 7) is 6.75. The molecule has 1 aliphatic heterocycles. The Morgan fingerprint density at radius 2 is 1.96 bits per heavy atom. The minimum atomic E-state index is -0.446. The lowest BCUT2D eigenvalue weighted by Gasteiger charge is -2.35. The van der Waals surface area contributed by atoms with Crippen LogP contribution in [0.5, 0.6) is 0 Å². The van der Waals surface area contributed by atoms with Gasteiger partial charge in [-0.2, -0.15) is 0 Å². The van der Waals surface area contributed by atoms with E-state index in [0.29, 0.717) is 31.6 Å². The van der Waals surface area contributed by atoms with Gasteiger partial charge in [-0.1, -0.05) is 30.3 Å². The quantitative estimate of drug-likeness (QED) is 0.818. The summed E-state index contributed by atoms with van der Waals surface area (Å²) >= 11 is 0. The second-order valence-electron chi connectivity index (χ2n) is 6.80. The van der Waals surface area contributed by atoms with Crippen molar-refractivity contribution < 1.29 is 14.6 Å². The van der Waals surface area contributed by atoms with Gasteiger partial charge < -0.3 is 14.7 Å². The number of nitrogens with zero attached hydrogens (tertiary/aromatic N) is 2. The number of hydrogen-bond donors (Lipinski definition) is 1. The molecular formula is C19H28N2O3. The highest BCUT2D eigenvalue weighted by atomic mass is 16.5. The van der Waals surface area contributed by atoms with Crippen LogP contribution in [0.2, 0.25) is 0 Å². The van der Waals surface area contributed by atoms with Crippen LogP contribution in [0, 0.1) is 5.92 Å². The number of carbonyl (C=O) groups is 1. The van der Waals surface area contributed by atoms with E-state index < -0.39 is 6.10 Å². The number of hydrogen-bond acceptors (Lipinski definition) is 4. The maximum absolute atomic E-state index is 12.7. The number of aliphatic hydroxyl groups is 1. The normalized spacial score (nSPS) is 25.5. The molecule has 0 radical (unpaired) electrons. The molecule has 1 aromatic rings. The molecule has 2 aliphatic rings. The minimum absolute atomic E-state index is 0.169. The van der Waals surface area contributed by atoms with Gasteiger partial charge >= 0.3 is 0 Å². The van der Waals surface area contributed by atoms with Crippen molar-refractivity contribution in [3.8, 4) is 0 Å². The molecule has 1 N–H and O–H groups in total. The molecule has 1 saturated carbocycles. The average molecular weight is 332 g/mol. The lowest BCUT2D eigenvalue weighted by molar-refractivity contribution is -0.134. The molecule has 3 atom stereocenters. The zero-order valence-corrected chi connectivity index (χ0v) is 14.4. The first-order chi connectivity index (χ1) is 11.7. The number of piperazine rings is 1. The number of amides is 1. The van der Waals surface area contributed by atoms with Gasteiger partial charge in [0.1, 0.15) is 0 Å². The molecule has 132 valence electrons. The van der Waals surface area contributed by atoms with Crippen LogP contribution in [-0.2, 0) is 9.53 Å². The summed E-state index contributed by atoms with van der Waals surface area (Å²) in [7, 11) is 0. The van der Waals surface area contributed by atoms with Crippen molar-refractivity contribution in [3.05, 3.63) is 35.9 Å². The number of ether oxygens (including phenoxy) is 1. The van der Waals surface area contributed by atoms with E-state index in [-0.39, 0.29) is 5.92 Å². The zero-order valence-electron chi connectivity index (χ0n) is 14.4. The summed E-state index contributed by atoms with van der Waals surface area (Å²) in [6.07, 6.45) is 0.536. The van der Waals surface area contributed by atoms with E-state index >= 15 is 0 Å². The van der Waals surface area contributed by atoms with E-state index in [4.69, 9.17) is 4.74 Å². The summed E-state index contributed by atoms with van der Waals surface area (Å²) in [5.41, 5.74) is 1.29. The number of rotatable bonds is 7. The SMILES string of the molecule is CCOC[C@H](O)CN1CCN(C(=O)[C@@H]2C[C@H]2c2ccccc2)CC1. The van der Waals surface area contributed by atoms with E-state index in [1.165, 1.54) is 5.56 Å². The predicted molar refractivity (Wildman–Crippen MR) is 92.8 cm³/mol. The lowest BCUT2D eigenvalue weighted by atomic mass is 10.1. The third kappa shape index (κ3) is 4.35. The van der Waals surface area contributed by atoms with Crippen LogP contribution in [0.3, 0.4) is 0 Å². The van der Waals surface area contributed by atoms with Crippen molar-refractivity contribution in [1.29, 1.82) is 0 Å². The van der Waals surface area contributed by atoms with Crippen LogP contribution in [0.1, 0.15) is 24.8 Å². The Labute approximate surface area is 144 Å².